The normalized spacial score (nSPS) is 10.9. The number of carbonyl (C=O) groups is 1. The van der Waals surface area contributed by atoms with Gasteiger partial charge in [-0.3, -0.25) is 4.79 Å². The zero-order valence-electron chi connectivity index (χ0n) is 17.7. The lowest BCUT2D eigenvalue weighted by Gasteiger charge is -2.08. The van der Waals surface area contributed by atoms with E-state index < -0.39 is 0 Å². The highest BCUT2D eigenvalue weighted by Gasteiger charge is 2.14. The Labute approximate surface area is 205 Å². The van der Waals surface area contributed by atoms with E-state index in [0.717, 1.165) is 11.1 Å². The Morgan fingerprint density at radius 2 is 1.74 bits per heavy atom. The highest BCUT2D eigenvalue weighted by molar-refractivity contribution is 6.34. The topological polar surface area (TPSA) is 85.8 Å². The van der Waals surface area contributed by atoms with Crippen LogP contribution < -0.4 is 5.32 Å². The summed E-state index contributed by atoms with van der Waals surface area (Å²) in [5, 5.41) is 7.93. The molecule has 0 spiro atoms. The van der Waals surface area contributed by atoms with Crippen LogP contribution in [0.1, 0.15) is 15.9 Å². The van der Waals surface area contributed by atoms with Crippen molar-refractivity contribution in [2.24, 2.45) is 0 Å². The van der Waals surface area contributed by atoms with Crippen LogP contribution in [0.3, 0.4) is 0 Å². The molecule has 0 bridgehead atoms. The third-order valence-electron chi connectivity index (χ3n) is 5.08. The van der Waals surface area contributed by atoms with E-state index in [1.807, 2.05) is 47.2 Å². The van der Waals surface area contributed by atoms with Crippen LogP contribution in [-0.4, -0.2) is 25.6 Å². The Morgan fingerprint density at radius 1 is 0.971 bits per heavy atom. The fraction of sp³-hybridized carbons (Fsp3) is 0.0400. The Balaban J connectivity index is 1.24. The number of benzene rings is 3. The van der Waals surface area contributed by atoms with E-state index in [9.17, 15) is 4.79 Å². The summed E-state index contributed by atoms with van der Waals surface area (Å²) >= 11 is 12.0. The molecule has 0 atom stereocenters. The van der Waals surface area contributed by atoms with Gasteiger partial charge in [0.05, 0.1) is 16.9 Å². The number of nitrogens with zero attached hydrogens (tertiary/aromatic N) is 4. The molecule has 7 nitrogen and oxygen atoms in total. The number of halogens is 2. The lowest BCUT2D eigenvalue weighted by atomic mass is 10.2. The second-order valence-electron chi connectivity index (χ2n) is 7.49. The summed E-state index contributed by atoms with van der Waals surface area (Å²) in [5.74, 6) is 0.548. The highest BCUT2D eigenvalue weighted by Crippen LogP contribution is 2.23. The van der Waals surface area contributed by atoms with Crippen LogP contribution in [0.15, 0.2) is 89.8 Å². The molecule has 0 saturated carbocycles. The minimum absolute atomic E-state index is 0.255. The first-order valence-corrected chi connectivity index (χ1v) is 11.1. The summed E-state index contributed by atoms with van der Waals surface area (Å²) in [5.41, 5.74) is 3.53. The van der Waals surface area contributed by atoms with Gasteiger partial charge < -0.3 is 14.4 Å². The van der Waals surface area contributed by atoms with E-state index in [2.05, 4.69) is 20.4 Å². The molecule has 0 aliphatic rings. The number of imidazole rings is 1. The molecule has 3 aromatic carbocycles. The standard InChI is InChI=1S/C25H17Cl2N5O2/c26-18-9-7-17(8-10-18)23-30-25(34-31-23)22-14-32(15-28-22)13-16-5-11-19(12-6-16)29-24(33)20-3-1-2-4-21(20)27/h1-12,14-15H,13H2,(H,29,33). The van der Waals surface area contributed by atoms with Crippen LogP contribution in [0.25, 0.3) is 23.0 Å². The predicted octanol–water partition coefficient (Wildman–Crippen LogP) is 6.21. The lowest BCUT2D eigenvalue weighted by Crippen LogP contribution is -2.12. The maximum absolute atomic E-state index is 12.4. The first-order chi connectivity index (χ1) is 16.5. The van der Waals surface area contributed by atoms with Crippen molar-refractivity contribution in [1.82, 2.24) is 19.7 Å². The van der Waals surface area contributed by atoms with Crippen LogP contribution in [0.2, 0.25) is 10.0 Å². The average molecular weight is 490 g/mol. The Kier molecular flexibility index (Phi) is 6.12. The predicted molar refractivity (Wildman–Crippen MR) is 131 cm³/mol. The molecular weight excluding hydrogens is 473 g/mol. The minimum atomic E-state index is -0.255. The monoisotopic (exact) mass is 489 g/mol. The minimum Gasteiger partial charge on any atom is -0.332 e. The molecule has 2 heterocycles. The lowest BCUT2D eigenvalue weighted by molar-refractivity contribution is 0.102. The molecule has 0 unspecified atom stereocenters. The van der Waals surface area contributed by atoms with E-state index >= 15 is 0 Å². The number of rotatable bonds is 6. The van der Waals surface area contributed by atoms with Gasteiger partial charge in [0, 0.05) is 29.0 Å². The van der Waals surface area contributed by atoms with Crippen LogP contribution in [0, 0.1) is 0 Å². The van der Waals surface area contributed by atoms with E-state index in [0.29, 0.717) is 45.2 Å². The number of carbonyl (C=O) groups excluding carboxylic acids is 1. The van der Waals surface area contributed by atoms with E-state index in [-0.39, 0.29) is 5.91 Å². The molecule has 0 aliphatic carbocycles. The van der Waals surface area contributed by atoms with E-state index in [4.69, 9.17) is 27.7 Å². The molecule has 0 fully saturated rings. The van der Waals surface area contributed by atoms with E-state index in [1.165, 1.54) is 0 Å². The quantitative estimate of drug-likeness (QED) is 0.306. The van der Waals surface area contributed by atoms with Crippen molar-refractivity contribution in [3.63, 3.8) is 0 Å². The number of hydrogen-bond donors (Lipinski definition) is 1. The summed E-state index contributed by atoms with van der Waals surface area (Å²) in [6.45, 7) is 0.587. The van der Waals surface area contributed by atoms with Crippen molar-refractivity contribution >= 4 is 34.8 Å². The molecule has 9 heteroatoms. The van der Waals surface area contributed by atoms with Crippen LogP contribution >= 0.6 is 23.2 Å². The molecule has 2 aromatic heterocycles. The number of amides is 1. The van der Waals surface area contributed by atoms with Gasteiger partial charge in [-0.15, -0.1) is 0 Å². The smallest absolute Gasteiger partial charge is 0.278 e. The van der Waals surface area contributed by atoms with Crippen LogP contribution in [0.5, 0.6) is 0 Å². The largest absolute Gasteiger partial charge is 0.332 e. The fourth-order valence-corrected chi connectivity index (χ4v) is 3.70. The van der Waals surface area contributed by atoms with Crippen LogP contribution in [-0.2, 0) is 6.54 Å². The van der Waals surface area contributed by atoms with Gasteiger partial charge in [-0.2, -0.15) is 4.98 Å². The Bertz CT molecular complexity index is 1440. The second-order valence-corrected chi connectivity index (χ2v) is 8.34. The molecule has 0 aliphatic heterocycles. The second kappa shape index (κ2) is 9.51. The first-order valence-electron chi connectivity index (χ1n) is 10.3. The third-order valence-corrected chi connectivity index (χ3v) is 5.66. The number of hydrogen-bond acceptors (Lipinski definition) is 5. The maximum Gasteiger partial charge on any atom is 0.278 e. The molecule has 5 rings (SSSR count). The zero-order chi connectivity index (χ0) is 23.5. The summed E-state index contributed by atoms with van der Waals surface area (Å²) in [6.07, 6.45) is 3.54. The van der Waals surface area contributed by atoms with Crippen molar-refractivity contribution in [3.8, 4) is 23.0 Å². The van der Waals surface area contributed by atoms with Crippen molar-refractivity contribution < 1.29 is 9.32 Å². The number of nitrogens with one attached hydrogen (secondary N) is 1. The Morgan fingerprint density at radius 3 is 2.50 bits per heavy atom. The van der Waals surface area contributed by atoms with Gasteiger partial charge in [-0.25, -0.2) is 4.98 Å². The molecule has 168 valence electrons. The molecule has 34 heavy (non-hydrogen) atoms. The fourth-order valence-electron chi connectivity index (χ4n) is 3.35. The van der Waals surface area contributed by atoms with Crippen LogP contribution in [0.4, 0.5) is 5.69 Å². The highest BCUT2D eigenvalue weighted by atomic mass is 35.5. The van der Waals surface area contributed by atoms with E-state index in [1.54, 1.807) is 42.7 Å². The van der Waals surface area contributed by atoms with Gasteiger partial charge in [0.1, 0.15) is 5.69 Å². The zero-order valence-corrected chi connectivity index (χ0v) is 19.2. The summed E-state index contributed by atoms with van der Waals surface area (Å²) in [6, 6.07) is 21.7. The number of anilines is 1. The Hall–Kier alpha value is -3.94. The molecule has 1 N–H and O–H groups in total. The SMILES string of the molecule is O=C(Nc1ccc(Cn2cnc(-c3nc(-c4ccc(Cl)cc4)no3)c2)cc1)c1ccccc1Cl. The molecule has 1 amide bonds. The summed E-state index contributed by atoms with van der Waals surface area (Å²) in [4.78, 5) is 21.2. The van der Waals surface area contributed by atoms with Crippen molar-refractivity contribution in [2.45, 2.75) is 6.54 Å². The third kappa shape index (κ3) is 4.85. The van der Waals surface area contributed by atoms with Crippen molar-refractivity contribution in [2.75, 3.05) is 5.32 Å². The molecule has 0 saturated heterocycles. The van der Waals surface area contributed by atoms with Gasteiger partial charge in [0.15, 0.2) is 0 Å². The average Bonchev–Trinajstić information content (AvgIpc) is 3.51. The van der Waals surface area contributed by atoms with Crippen molar-refractivity contribution in [1.29, 1.82) is 0 Å². The van der Waals surface area contributed by atoms with Crippen molar-refractivity contribution in [3.05, 3.63) is 106 Å². The maximum atomic E-state index is 12.4. The van der Waals surface area contributed by atoms with Gasteiger partial charge in [-0.1, -0.05) is 52.6 Å². The van der Waals surface area contributed by atoms with Gasteiger partial charge >= 0.3 is 0 Å². The summed E-state index contributed by atoms with van der Waals surface area (Å²) in [7, 11) is 0. The first kappa shape index (κ1) is 21.9. The molecule has 0 radical (unpaired) electrons. The molecule has 5 aromatic rings. The summed E-state index contributed by atoms with van der Waals surface area (Å²) < 4.78 is 7.29. The van der Waals surface area contributed by atoms with Gasteiger partial charge in [0.2, 0.25) is 5.82 Å². The molecular formula is C25H17Cl2N5O2. The number of aromatic nitrogens is 4. The van der Waals surface area contributed by atoms with Gasteiger partial charge in [-0.05, 0) is 54.1 Å². The van der Waals surface area contributed by atoms with Gasteiger partial charge in [0.25, 0.3) is 11.8 Å².